The summed E-state index contributed by atoms with van der Waals surface area (Å²) in [4.78, 5) is 24.7. The third kappa shape index (κ3) is 4.01. The molecule has 0 aliphatic carbocycles. The number of halogens is 3. The minimum absolute atomic E-state index is 0.0735. The van der Waals surface area contributed by atoms with Crippen LogP contribution >= 0.6 is 11.6 Å². The maximum Gasteiger partial charge on any atom is 0.346 e. The zero-order valence-corrected chi connectivity index (χ0v) is 15.2. The highest BCUT2D eigenvalue weighted by atomic mass is 35.5. The summed E-state index contributed by atoms with van der Waals surface area (Å²) in [5.41, 5.74) is 0.0374. The summed E-state index contributed by atoms with van der Waals surface area (Å²) in [5, 5.41) is 6.56. The zero-order chi connectivity index (χ0) is 20.3. The number of carbonyl (C=O) groups is 2. The SMILES string of the molecule is CCOC(=O)c1c(-c2ccc(Cl)cc2)noc1NC(=O)c1ccc(F)cc1F. The molecular weight excluding hydrogens is 394 g/mol. The Labute approximate surface area is 163 Å². The summed E-state index contributed by atoms with van der Waals surface area (Å²) < 4.78 is 37.0. The Morgan fingerprint density at radius 3 is 2.54 bits per heavy atom. The molecule has 0 saturated carbocycles. The van der Waals surface area contributed by atoms with E-state index in [1.165, 1.54) is 0 Å². The first-order valence-electron chi connectivity index (χ1n) is 8.09. The first-order chi connectivity index (χ1) is 13.4. The fraction of sp³-hybridized carbons (Fsp3) is 0.105. The lowest BCUT2D eigenvalue weighted by Gasteiger charge is -2.06. The molecule has 9 heteroatoms. The van der Waals surface area contributed by atoms with E-state index in [0.29, 0.717) is 16.7 Å². The number of esters is 1. The molecule has 144 valence electrons. The monoisotopic (exact) mass is 406 g/mol. The van der Waals surface area contributed by atoms with Crippen molar-refractivity contribution in [3.8, 4) is 11.3 Å². The number of aromatic nitrogens is 1. The number of rotatable bonds is 5. The predicted octanol–water partition coefficient (Wildman–Crippen LogP) is 4.70. The van der Waals surface area contributed by atoms with Gasteiger partial charge in [0.15, 0.2) is 5.56 Å². The Hall–Kier alpha value is -3.26. The van der Waals surface area contributed by atoms with E-state index in [9.17, 15) is 18.4 Å². The number of nitrogens with one attached hydrogen (secondary N) is 1. The van der Waals surface area contributed by atoms with Gasteiger partial charge in [0.1, 0.15) is 17.3 Å². The molecule has 0 saturated heterocycles. The number of nitrogens with zero attached hydrogens (tertiary/aromatic N) is 1. The van der Waals surface area contributed by atoms with Crippen LogP contribution in [0, 0.1) is 11.6 Å². The Morgan fingerprint density at radius 1 is 1.18 bits per heavy atom. The van der Waals surface area contributed by atoms with Crippen molar-refractivity contribution in [3.63, 3.8) is 0 Å². The first-order valence-corrected chi connectivity index (χ1v) is 8.47. The predicted molar refractivity (Wildman–Crippen MR) is 97.2 cm³/mol. The normalized spacial score (nSPS) is 10.6. The van der Waals surface area contributed by atoms with Gasteiger partial charge in [0.05, 0.1) is 12.2 Å². The van der Waals surface area contributed by atoms with Crippen LogP contribution in [0.1, 0.15) is 27.6 Å². The van der Waals surface area contributed by atoms with Crippen LogP contribution in [0.3, 0.4) is 0 Å². The van der Waals surface area contributed by atoms with E-state index in [0.717, 1.165) is 12.1 Å². The molecule has 0 aliphatic rings. The lowest BCUT2D eigenvalue weighted by atomic mass is 10.1. The molecule has 0 atom stereocenters. The number of ether oxygens (including phenoxy) is 1. The molecule has 3 aromatic rings. The van der Waals surface area contributed by atoms with Gasteiger partial charge >= 0.3 is 5.97 Å². The van der Waals surface area contributed by atoms with Gasteiger partial charge in [0, 0.05) is 16.7 Å². The van der Waals surface area contributed by atoms with Gasteiger partial charge in [-0.25, -0.2) is 13.6 Å². The highest BCUT2D eigenvalue weighted by molar-refractivity contribution is 6.30. The van der Waals surface area contributed by atoms with Crippen LogP contribution in [0.4, 0.5) is 14.7 Å². The van der Waals surface area contributed by atoms with Gasteiger partial charge in [0.2, 0.25) is 5.88 Å². The molecule has 0 bridgehead atoms. The number of benzene rings is 2. The van der Waals surface area contributed by atoms with Crippen molar-refractivity contribution >= 4 is 29.4 Å². The van der Waals surface area contributed by atoms with E-state index in [1.54, 1.807) is 31.2 Å². The topological polar surface area (TPSA) is 81.4 Å². The molecule has 0 aliphatic heterocycles. The van der Waals surface area contributed by atoms with Crippen molar-refractivity contribution in [2.24, 2.45) is 0 Å². The molecule has 1 aromatic heterocycles. The summed E-state index contributed by atoms with van der Waals surface area (Å²) in [5.74, 6) is -3.94. The maximum atomic E-state index is 13.8. The molecular formula is C19H13ClF2N2O4. The smallest absolute Gasteiger partial charge is 0.346 e. The molecule has 1 heterocycles. The van der Waals surface area contributed by atoms with Gasteiger partial charge in [-0.1, -0.05) is 28.9 Å². The molecule has 3 rings (SSSR count). The standard InChI is InChI=1S/C19H13ClF2N2O4/c1-2-27-19(26)15-16(10-3-5-11(20)6-4-10)24-28-18(15)23-17(25)13-8-7-12(21)9-14(13)22/h3-9H,2H2,1H3,(H,23,25). The molecule has 1 N–H and O–H groups in total. The summed E-state index contributed by atoms with van der Waals surface area (Å²) in [6.45, 7) is 1.68. The minimum atomic E-state index is -1.06. The van der Waals surface area contributed by atoms with E-state index in [-0.39, 0.29) is 23.7 Å². The third-order valence-electron chi connectivity index (χ3n) is 3.69. The highest BCUT2D eigenvalue weighted by Crippen LogP contribution is 2.31. The molecule has 2 aromatic carbocycles. The number of hydrogen-bond donors (Lipinski definition) is 1. The lowest BCUT2D eigenvalue weighted by molar-refractivity contribution is 0.0528. The minimum Gasteiger partial charge on any atom is -0.462 e. The number of amides is 1. The Morgan fingerprint density at radius 2 is 1.89 bits per heavy atom. The molecule has 6 nitrogen and oxygen atoms in total. The Bertz CT molecular complexity index is 1030. The fourth-order valence-corrected chi connectivity index (χ4v) is 2.54. The van der Waals surface area contributed by atoms with E-state index >= 15 is 0 Å². The molecule has 0 radical (unpaired) electrons. The van der Waals surface area contributed by atoms with Crippen molar-refractivity contribution < 1.29 is 27.6 Å². The second-order valence-electron chi connectivity index (χ2n) is 5.54. The summed E-state index contributed by atoms with van der Waals surface area (Å²) in [7, 11) is 0. The van der Waals surface area contributed by atoms with Crippen LogP contribution in [-0.4, -0.2) is 23.6 Å². The van der Waals surface area contributed by atoms with E-state index in [2.05, 4.69) is 10.5 Å². The van der Waals surface area contributed by atoms with Gasteiger partial charge in [-0.15, -0.1) is 0 Å². The highest BCUT2D eigenvalue weighted by Gasteiger charge is 2.27. The number of anilines is 1. The fourth-order valence-electron chi connectivity index (χ4n) is 2.42. The Balaban J connectivity index is 1.99. The van der Waals surface area contributed by atoms with Crippen molar-refractivity contribution in [2.75, 3.05) is 11.9 Å². The van der Waals surface area contributed by atoms with Gasteiger partial charge in [-0.05, 0) is 31.2 Å². The van der Waals surface area contributed by atoms with Gasteiger partial charge in [0.25, 0.3) is 5.91 Å². The molecule has 28 heavy (non-hydrogen) atoms. The van der Waals surface area contributed by atoms with Crippen molar-refractivity contribution in [1.82, 2.24) is 5.16 Å². The lowest BCUT2D eigenvalue weighted by Crippen LogP contribution is -2.16. The average molecular weight is 407 g/mol. The van der Waals surface area contributed by atoms with Crippen molar-refractivity contribution in [1.29, 1.82) is 0 Å². The van der Waals surface area contributed by atoms with Crippen LogP contribution in [0.5, 0.6) is 0 Å². The first kappa shape index (κ1) is 19.5. The molecule has 0 fully saturated rings. The van der Waals surface area contributed by atoms with E-state index in [1.807, 2.05) is 0 Å². The number of hydrogen-bond acceptors (Lipinski definition) is 5. The van der Waals surface area contributed by atoms with E-state index < -0.39 is 29.1 Å². The van der Waals surface area contributed by atoms with Crippen LogP contribution in [0.25, 0.3) is 11.3 Å². The summed E-state index contributed by atoms with van der Waals surface area (Å²) in [6, 6.07) is 8.87. The Kier molecular flexibility index (Phi) is 5.70. The van der Waals surface area contributed by atoms with Crippen LogP contribution in [0.15, 0.2) is 47.0 Å². The van der Waals surface area contributed by atoms with Crippen LogP contribution < -0.4 is 5.32 Å². The largest absolute Gasteiger partial charge is 0.462 e. The summed E-state index contributed by atoms with van der Waals surface area (Å²) in [6.07, 6.45) is 0. The summed E-state index contributed by atoms with van der Waals surface area (Å²) >= 11 is 5.86. The van der Waals surface area contributed by atoms with Gasteiger partial charge in [-0.3, -0.25) is 10.1 Å². The zero-order valence-electron chi connectivity index (χ0n) is 14.5. The number of carbonyl (C=O) groups excluding carboxylic acids is 2. The molecule has 1 amide bonds. The van der Waals surface area contributed by atoms with Crippen LogP contribution in [-0.2, 0) is 4.74 Å². The third-order valence-corrected chi connectivity index (χ3v) is 3.94. The van der Waals surface area contributed by atoms with Crippen molar-refractivity contribution in [3.05, 3.63) is 70.2 Å². The average Bonchev–Trinajstić information content (AvgIpc) is 3.06. The second-order valence-corrected chi connectivity index (χ2v) is 5.98. The van der Waals surface area contributed by atoms with Gasteiger partial charge in [-0.2, -0.15) is 0 Å². The molecule has 0 spiro atoms. The van der Waals surface area contributed by atoms with E-state index in [4.69, 9.17) is 20.9 Å². The quantitative estimate of drug-likeness (QED) is 0.621. The second kappa shape index (κ2) is 8.18. The van der Waals surface area contributed by atoms with Gasteiger partial charge < -0.3 is 9.26 Å². The molecule has 0 unspecified atom stereocenters. The maximum absolute atomic E-state index is 13.8. The van der Waals surface area contributed by atoms with Crippen LogP contribution in [0.2, 0.25) is 5.02 Å². The van der Waals surface area contributed by atoms with Crippen molar-refractivity contribution in [2.45, 2.75) is 6.92 Å².